The van der Waals surface area contributed by atoms with Crippen LogP contribution in [0.5, 0.6) is 5.75 Å². The number of rotatable bonds is 1. The molecule has 3 aromatic rings. The maximum Gasteiger partial charge on any atom is 0.343 e. The minimum absolute atomic E-state index is 0.105. The van der Waals surface area contributed by atoms with Crippen LogP contribution in [0, 0.1) is 0 Å². The number of benzene rings is 1. The first-order valence-electron chi connectivity index (χ1n) is 9.72. The van der Waals surface area contributed by atoms with Gasteiger partial charge in [0, 0.05) is 22.6 Å². The molecule has 0 saturated carbocycles. The normalized spacial score (nSPS) is 19.0. The number of phenolic OH excluding ortho intramolecular Hbond substituents is 1. The molecule has 0 spiro atoms. The van der Waals surface area contributed by atoms with Gasteiger partial charge < -0.3 is 19.5 Å². The van der Waals surface area contributed by atoms with Gasteiger partial charge in [-0.1, -0.05) is 20.8 Å². The average molecular weight is 394 g/mol. The quantitative estimate of drug-likeness (QED) is 0.482. The third-order valence-electron chi connectivity index (χ3n) is 5.49. The summed E-state index contributed by atoms with van der Waals surface area (Å²) in [6.45, 7) is 5.89. The van der Waals surface area contributed by atoms with Crippen molar-refractivity contribution in [2.24, 2.45) is 0 Å². The van der Waals surface area contributed by atoms with Crippen molar-refractivity contribution in [3.8, 4) is 17.1 Å². The van der Waals surface area contributed by atoms with Gasteiger partial charge >= 0.3 is 5.97 Å². The maximum atomic E-state index is 13.0. The van der Waals surface area contributed by atoms with Crippen molar-refractivity contribution >= 4 is 16.9 Å². The van der Waals surface area contributed by atoms with Crippen molar-refractivity contribution in [1.29, 1.82) is 0 Å². The van der Waals surface area contributed by atoms with Gasteiger partial charge in [-0.15, -0.1) is 0 Å². The van der Waals surface area contributed by atoms with Crippen LogP contribution < -0.4 is 5.56 Å². The molecule has 0 amide bonds. The number of fused-ring (bicyclic) bond motifs is 5. The van der Waals surface area contributed by atoms with Crippen LogP contribution in [-0.2, 0) is 28.3 Å². The summed E-state index contributed by atoms with van der Waals surface area (Å²) in [4.78, 5) is 29.8. The Hall–Kier alpha value is -3.19. The molecular weight excluding hydrogens is 372 g/mol. The second-order valence-electron chi connectivity index (χ2n) is 6.98. The molecule has 4 heterocycles. The molecule has 2 aromatic heterocycles. The zero-order valence-electron chi connectivity index (χ0n) is 16.5. The monoisotopic (exact) mass is 394 g/mol. The summed E-state index contributed by atoms with van der Waals surface area (Å²) in [7, 11) is 0. The van der Waals surface area contributed by atoms with E-state index < -0.39 is 11.6 Å². The number of phenols is 1. The minimum atomic E-state index is -1.83. The van der Waals surface area contributed by atoms with Gasteiger partial charge in [-0.25, -0.2) is 9.78 Å². The Morgan fingerprint density at radius 1 is 1.21 bits per heavy atom. The molecule has 2 aliphatic rings. The molecule has 2 aliphatic heterocycles. The Bertz CT molecular complexity index is 1210. The smallest absolute Gasteiger partial charge is 0.343 e. The minimum Gasteiger partial charge on any atom is -0.508 e. The first-order valence-corrected chi connectivity index (χ1v) is 9.72. The number of nitrogens with zero attached hydrogens (tertiary/aromatic N) is 2. The lowest BCUT2D eigenvalue weighted by Crippen LogP contribution is -2.44. The van der Waals surface area contributed by atoms with Crippen LogP contribution in [0.4, 0.5) is 0 Å². The number of pyridine rings is 2. The van der Waals surface area contributed by atoms with Gasteiger partial charge in [0.1, 0.15) is 12.4 Å². The van der Waals surface area contributed by atoms with E-state index >= 15 is 0 Å². The van der Waals surface area contributed by atoms with Crippen LogP contribution in [0.2, 0.25) is 0 Å². The molecule has 7 nitrogen and oxygen atoms in total. The number of esters is 1. The second-order valence-corrected chi connectivity index (χ2v) is 6.98. The van der Waals surface area contributed by atoms with E-state index in [2.05, 4.69) is 4.98 Å². The molecule has 1 atom stereocenters. The third-order valence-corrected chi connectivity index (χ3v) is 5.49. The molecule has 1 aromatic carbocycles. The Morgan fingerprint density at radius 2 is 1.97 bits per heavy atom. The van der Waals surface area contributed by atoms with Crippen molar-refractivity contribution in [1.82, 2.24) is 9.55 Å². The fourth-order valence-corrected chi connectivity index (χ4v) is 3.96. The van der Waals surface area contributed by atoms with Gasteiger partial charge in [-0.2, -0.15) is 0 Å². The molecule has 7 heteroatoms. The van der Waals surface area contributed by atoms with Gasteiger partial charge in [0.15, 0.2) is 5.60 Å². The number of hydrogen-bond acceptors (Lipinski definition) is 6. The molecule has 2 N–H and O–H groups in total. The summed E-state index contributed by atoms with van der Waals surface area (Å²) >= 11 is 0. The number of aliphatic hydroxyl groups is 1. The highest BCUT2D eigenvalue weighted by atomic mass is 16.6. The predicted octanol–water partition coefficient (Wildman–Crippen LogP) is 2.81. The summed E-state index contributed by atoms with van der Waals surface area (Å²) in [6, 6.07) is 8.55. The molecule has 1 unspecified atom stereocenters. The lowest BCUT2D eigenvalue weighted by Gasteiger charge is -2.31. The van der Waals surface area contributed by atoms with Gasteiger partial charge in [0.05, 0.1) is 29.0 Å². The molecule has 150 valence electrons. The highest BCUT2D eigenvalue weighted by Crippen LogP contribution is 2.38. The lowest BCUT2D eigenvalue weighted by molar-refractivity contribution is -0.172. The Morgan fingerprint density at radius 3 is 2.69 bits per heavy atom. The molecule has 5 rings (SSSR count). The molecule has 0 saturated heterocycles. The zero-order valence-corrected chi connectivity index (χ0v) is 16.5. The van der Waals surface area contributed by atoms with Crippen molar-refractivity contribution < 1.29 is 19.7 Å². The van der Waals surface area contributed by atoms with Crippen LogP contribution in [0.15, 0.2) is 35.1 Å². The van der Waals surface area contributed by atoms with Gasteiger partial charge in [0.2, 0.25) is 0 Å². The van der Waals surface area contributed by atoms with E-state index in [0.29, 0.717) is 34.6 Å². The SMILES string of the molecule is CC.CCC1(O)C(=O)OCc2c1cc1n(c2=O)Cc2cc3ccc(O)cc3nc2-1. The maximum absolute atomic E-state index is 13.0. The van der Waals surface area contributed by atoms with E-state index in [-0.39, 0.29) is 24.3 Å². The van der Waals surface area contributed by atoms with Crippen molar-refractivity contribution in [3.05, 3.63) is 57.4 Å². The molecule has 0 bridgehead atoms. The lowest BCUT2D eigenvalue weighted by atomic mass is 9.86. The number of aromatic hydroxyl groups is 1. The summed E-state index contributed by atoms with van der Waals surface area (Å²) in [6.07, 6.45) is 0.105. The number of carbonyl (C=O) groups excluding carboxylic acids is 1. The van der Waals surface area contributed by atoms with Crippen molar-refractivity contribution in [3.63, 3.8) is 0 Å². The van der Waals surface area contributed by atoms with Crippen LogP contribution in [-0.4, -0.2) is 25.7 Å². The topological polar surface area (TPSA) is 102 Å². The summed E-state index contributed by atoms with van der Waals surface area (Å²) < 4.78 is 6.65. The molecule has 0 fully saturated rings. The predicted molar refractivity (Wildman–Crippen MR) is 108 cm³/mol. The molecule has 0 aliphatic carbocycles. The van der Waals surface area contributed by atoms with Crippen molar-refractivity contribution in [2.45, 2.75) is 45.9 Å². The largest absolute Gasteiger partial charge is 0.508 e. The van der Waals surface area contributed by atoms with E-state index in [9.17, 15) is 19.8 Å². The van der Waals surface area contributed by atoms with Gasteiger partial charge in [-0.05, 0) is 30.7 Å². The fourth-order valence-electron chi connectivity index (χ4n) is 3.96. The highest BCUT2D eigenvalue weighted by Gasteiger charge is 2.45. The van der Waals surface area contributed by atoms with E-state index in [1.54, 1.807) is 35.8 Å². The van der Waals surface area contributed by atoms with E-state index in [1.807, 2.05) is 19.9 Å². The van der Waals surface area contributed by atoms with Crippen LogP contribution in [0.1, 0.15) is 43.9 Å². The number of hydrogen-bond donors (Lipinski definition) is 2. The Kier molecular flexibility index (Phi) is 4.42. The number of aromatic nitrogens is 2. The first-order chi connectivity index (χ1) is 13.9. The number of ether oxygens (including phenoxy) is 1. The third kappa shape index (κ3) is 2.65. The second kappa shape index (κ2) is 6.70. The van der Waals surface area contributed by atoms with Gasteiger partial charge in [-0.3, -0.25) is 4.79 Å². The van der Waals surface area contributed by atoms with Crippen LogP contribution in [0.25, 0.3) is 22.3 Å². The van der Waals surface area contributed by atoms with Crippen molar-refractivity contribution in [2.75, 3.05) is 0 Å². The standard InChI is InChI=1S/C20H16N2O5.C2H6/c1-2-20(26)14-7-16-17-11(5-10-3-4-12(23)6-15(10)21-17)8-22(16)18(24)13(14)9-27-19(20)25;1-2/h3-7,23,26H,2,8-9H2,1H3;1-2H3. The average Bonchev–Trinajstić information content (AvgIpc) is 3.09. The van der Waals surface area contributed by atoms with E-state index in [4.69, 9.17) is 4.74 Å². The van der Waals surface area contributed by atoms with Gasteiger partial charge in [0.25, 0.3) is 5.56 Å². The molecular formula is C22H22N2O5. The van der Waals surface area contributed by atoms with Crippen LogP contribution in [0.3, 0.4) is 0 Å². The summed E-state index contributed by atoms with van der Waals surface area (Å²) in [5.74, 6) is -0.629. The number of carbonyl (C=O) groups is 1. The van der Waals surface area contributed by atoms with E-state index in [0.717, 1.165) is 10.9 Å². The first kappa shape index (κ1) is 19.1. The highest BCUT2D eigenvalue weighted by molar-refractivity contribution is 5.86. The molecule has 29 heavy (non-hydrogen) atoms. The summed E-state index contributed by atoms with van der Waals surface area (Å²) in [5, 5.41) is 21.4. The zero-order chi connectivity index (χ0) is 20.9. The summed E-state index contributed by atoms with van der Waals surface area (Å²) in [5.41, 5.74) is 1.14. The van der Waals surface area contributed by atoms with E-state index in [1.165, 1.54) is 0 Å². The molecule has 0 radical (unpaired) electrons. The van der Waals surface area contributed by atoms with Crippen LogP contribution >= 0.6 is 0 Å². The fraction of sp³-hybridized carbons (Fsp3) is 0.318. The number of cyclic esters (lactones) is 1. The Labute approximate surface area is 167 Å². The Balaban J connectivity index is 0.000000994.